The molecule has 3 N–H and O–H groups in total. The van der Waals surface area contributed by atoms with Crippen LogP contribution >= 0.6 is 15.9 Å². The summed E-state index contributed by atoms with van der Waals surface area (Å²) in [4.78, 5) is 10.5. The largest absolute Gasteiger partial charge is 0.379 e. The third kappa shape index (κ3) is 3.79. The maximum Gasteiger partial charge on any atom is 0.221 e. The third-order valence-corrected chi connectivity index (χ3v) is 3.36. The van der Waals surface area contributed by atoms with Gasteiger partial charge in [-0.25, -0.2) is 4.98 Å². The molecule has 2 rings (SSSR count). The van der Waals surface area contributed by atoms with Crippen LogP contribution in [0.2, 0.25) is 0 Å². The standard InChI is InChI=1S/C11H18BrN5O/c1-8(7-17-2-4-18-5-3-17)15-10-9(12)6-14-11(13)16-10/h6,8H,2-5,7H2,1H3,(H3,13,14,15,16). The van der Waals surface area contributed by atoms with Gasteiger partial charge in [0.25, 0.3) is 0 Å². The van der Waals surface area contributed by atoms with Crippen molar-refractivity contribution in [2.75, 3.05) is 43.9 Å². The molecular weight excluding hydrogens is 298 g/mol. The van der Waals surface area contributed by atoms with Gasteiger partial charge < -0.3 is 15.8 Å². The normalized spacial score (nSPS) is 18.6. The van der Waals surface area contributed by atoms with E-state index in [0.717, 1.165) is 43.1 Å². The Morgan fingerprint density at radius 2 is 2.28 bits per heavy atom. The fourth-order valence-corrected chi connectivity index (χ4v) is 2.24. The van der Waals surface area contributed by atoms with Gasteiger partial charge in [0.2, 0.25) is 5.95 Å². The number of ether oxygens (including phenoxy) is 1. The van der Waals surface area contributed by atoms with Crippen molar-refractivity contribution in [2.24, 2.45) is 0 Å². The highest BCUT2D eigenvalue weighted by Gasteiger charge is 2.14. The van der Waals surface area contributed by atoms with Crippen LogP contribution in [0, 0.1) is 0 Å². The predicted molar refractivity (Wildman–Crippen MR) is 74.5 cm³/mol. The first kappa shape index (κ1) is 13.5. The monoisotopic (exact) mass is 315 g/mol. The molecular formula is C11H18BrN5O. The topological polar surface area (TPSA) is 76.3 Å². The molecule has 0 spiro atoms. The maximum absolute atomic E-state index is 5.58. The Kier molecular flexibility index (Phi) is 4.73. The molecule has 1 aliphatic heterocycles. The van der Waals surface area contributed by atoms with Gasteiger partial charge in [0.1, 0.15) is 5.82 Å². The van der Waals surface area contributed by atoms with Gasteiger partial charge in [-0.15, -0.1) is 0 Å². The molecule has 7 heteroatoms. The highest BCUT2D eigenvalue weighted by Crippen LogP contribution is 2.20. The van der Waals surface area contributed by atoms with E-state index in [4.69, 9.17) is 10.5 Å². The Hall–Kier alpha value is -0.920. The number of anilines is 2. The van der Waals surface area contributed by atoms with Gasteiger partial charge in [0, 0.05) is 31.9 Å². The number of halogens is 1. The van der Waals surface area contributed by atoms with Crippen molar-refractivity contribution < 1.29 is 4.74 Å². The summed E-state index contributed by atoms with van der Waals surface area (Å²) >= 11 is 3.41. The molecule has 1 unspecified atom stereocenters. The molecule has 18 heavy (non-hydrogen) atoms. The number of nitrogens with one attached hydrogen (secondary N) is 1. The summed E-state index contributed by atoms with van der Waals surface area (Å²) in [5.74, 6) is 1.02. The zero-order valence-corrected chi connectivity index (χ0v) is 12.0. The Labute approximate surface area is 115 Å². The summed E-state index contributed by atoms with van der Waals surface area (Å²) < 4.78 is 6.15. The molecule has 1 saturated heterocycles. The number of nitrogens with zero attached hydrogens (tertiary/aromatic N) is 3. The minimum absolute atomic E-state index is 0.277. The summed E-state index contributed by atoms with van der Waals surface area (Å²) in [7, 11) is 0. The van der Waals surface area contributed by atoms with Gasteiger partial charge in [-0.2, -0.15) is 4.98 Å². The second kappa shape index (κ2) is 6.31. The van der Waals surface area contributed by atoms with Crippen LogP contribution in [0.5, 0.6) is 0 Å². The van der Waals surface area contributed by atoms with Crippen LogP contribution in [0.3, 0.4) is 0 Å². The molecule has 0 bridgehead atoms. The number of nitrogens with two attached hydrogens (primary N) is 1. The smallest absolute Gasteiger partial charge is 0.221 e. The molecule has 0 aliphatic carbocycles. The van der Waals surface area contributed by atoms with Crippen molar-refractivity contribution in [1.82, 2.24) is 14.9 Å². The van der Waals surface area contributed by atoms with E-state index < -0.39 is 0 Å². The maximum atomic E-state index is 5.58. The Morgan fingerprint density at radius 1 is 1.56 bits per heavy atom. The van der Waals surface area contributed by atoms with Gasteiger partial charge in [-0.05, 0) is 22.9 Å². The van der Waals surface area contributed by atoms with E-state index in [1.165, 1.54) is 0 Å². The average molecular weight is 316 g/mol. The van der Waals surface area contributed by atoms with Gasteiger partial charge >= 0.3 is 0 Å². The van der Waals surface area contributed by atoms with E-state index >= 15 is 0 Å². The Morgan fingerprint density at radius 3 is 3.00 bits per heavy atom. The van der Waals surface area contributed by atoms with Crippen LogP contribution in [-0.2, 0) is 4.74 Å². The number of hydrogen-bond donors (Lipinski definition) is 2. The number of morpholine rings is 1. The van der Waals surface area contributed by atoms with Crippen LogP contribution in [0.25, 0.3) is 0 Å². The van der Waals surface area contributed by atoms with Gasteiger partial charge in [-0.3, -0.25) is 4.90 Å². The van der Waals surface area contributed by atoms with Crippen molar-refractivity contribution in [3.8, 4) is 0 Å². The van der Waals surface area contributed by atoms with Gasteiger partial charge in [0.15, 0.2) is 0 Å². The van der Waals surface area contributed by atoms with Gasteiger partial charge in [0.05, 0.1) is 17.7 Å². The zero-order chi connectivity index (χ0) is 13.0. The quantitative estimate of drug-likeness (QED) is 0.861. The summed E-state index contributed by atoms with van der Waals surface area (Å²) in [5.41, 5.74) is 5.58. The molecule has 2 heterocycles. The highest BCUT2D eigenvalue weighted by atomic mass is 79.9. The minimum atomic E-state index is 0.277. The lowest BCUT2D eigenvalue weighted by atomic mass is 10.3. The second-order valence-corrected chi connectivity index (χ2v) is 5.24. The number of aromatic nitrogens is 2. The molecule has 1 aliphatic rings. The van der Waals surface area contributed by atoms with Crippen molar-refractivity contribution in [3.63, 3.8) is 0 Å². The lowest BCUT2D eigenvalue weighted by Gasteiger charge is -2.29. The molecule has 0 radical (unpaired) electrons. The van der Waals surface area contributed by atoms with E-state index in [-0.39, 0.29) is 12.0 Å². The molecule has 0 aromatic carbocycles. The molecule has 1 fully saturated rings. The Balaban J connectivity index is 1.89. The fourth-order valence-electron chi connectivity index (χ4n) is 1.93. The SMILES string of the molecule is CC(CN1CCOCC1)Nc1nc(N)ncc1Br. The number of hydrogen-bond acceptors (Lipinski definition) is 6. The van der Waals surface area contributed by atoms with E-state index in [1.54, 1.807) is 6.20 Å². The van der Waals surface area contributed by atoms with Crippen molar-refractivity contribution in [2.45, 2.75) is 13.0 Å². The molecule has 1 aromatic rings. The van der Waals surface area contributed by atoms with Crippen LogP contribution in [0.1, 0.15) is 6.92 Å². The first-order valence-electron chi connectivity index (χ1n) is 6.00. The van der Waals surface area contributed by atoms with Crippen LogP contribution in [-0.4, -0.2) is 53.8 Å². The first-order valence-corrected chi connectivity index (χ1v) is 6.79. The van der Waals surface area contributed by atoms with Crippen molar-refractivity contribution >= 4 is 27.7 Å². The molecule has 0 amide bonds. The number of rotatable bonds is 4. The summed E-state index contributed by atoms with van der Waals surface area (Å²) in [6, 6.07) is 0.286. The van der Waals surface area contributed by atoms with E-state index in [9.17, 15) is 0 Å². The average Bonchev–Trinajstić information content (AvgIpc) is 2.35. The number of nitrogen functional groups attached to an aromatic ring is 1. The first-order chi connectivity index (χ1) is 8.65. The van der Waals surface area contributed by atoms with E-state index in [0.29, 0.717) is 0 Å². The van der Waals surface area contributed by atoms with Gasteiger partial charge in [-0.1, -0.05) is 0 Å². The van der Waals surface area contributed by atoms with E-state index in [1.807, 2.05) is 0 Å². The molecule has 1 atom stereocenters. The summed E-state index contributed by atoms with van der Waals surface area (Å²) in [5, 5.41) is 3.34. The fraction of sp³-hybridized carbons (Fsp3) is 0.636. The van der Waals surface area contributed by atoms with Crippen LogP contribution < -0.4 is 11.1 Å². The van der Waals surface area contributed by atoms with Crippen LogP contribution in [0.15, 0.2) is 10.7 Å². The molecule has 0 saturated carbocycles. The zero-order valence-electron chi connectivity index (χ0n) is 10.4. The van der Waals surface area contributed by atoms with E-state index in [2.05, 4.69) is 43.0 Å². The van der Waals surface area contributed by atoms with Crippen molar-refractivity contribution in [1.29, 1.82) is 0 Å². The van der Waals surface area contributed by atoms with Crippen LogP contribution in [0.4, 0.5) is 11.8 Å². The minimum Gasteiger partial charge on any atom is -0.379 e. The lowest BCUT2D eigenvalue weighted by molar-refractivity contribution is 0.0368. The molecule has 100 valence electrons. The highest BCUT2D eigenvalue weighted by molar-refractivity contribution is 9.10. The third-order valence-electron chi connectivity index (χ3n) is 2.78. The second-order valence-electron chi connectivity index (χ2n) is 4.38. The molecule has 6 nitrogen and oxygen atoms in total. The lowest BCUT2D eigenvalue weighted by Crippen LogP contribution is -2.42. The molecule has 1 aromatic heterocycles. The summed E-state index contributed by atoms with van der Waals surface area (Å²) in [6.07, 6.45) is 1.66. The predicted octanol–water partition coefficient (Wildman–Crippen LogP) is 0.954. The van der Waals surface area contributed by atoms with Crippen molar-refractivity contribution in [3.05, 3.63) is 10.7 Å². The Bertz CT molecular complexity index is 397. The summed E-state index contributed by atoms with van der Waals surface area (Å²) in [6.45, 7) is 6.69.